The third-order valence-electron chi connectivity index (χ3n) is 7.35. The minimum absolute atomic E-state index is 0.157. The summed E-state index contributed by atoms with van der Waals surface area (Å²) in [7, 11) is 3.78. The quantitative estimate of drug-likeness (QED) is 0.263. The fourth-order valence-electron chi connectivity index (χ4n) is 4.87. The number of carbonyl (C=O) groups is 1. The van der Waals surface area contributed by atoms with E-state index in [1.807, 2.05) is 42.5 Å². The van der Waals surface area contributed by atoms with Gasteiger partial charge in [-0.05, 0) is 74.5 Å². The fourth-order valence-corrected chi connectivity index (χ4v) is 4.87. The molecule has 0 unspecified atom stereocenters. The molecule has 2 heterocycles. The summed E-state index contributed by atoms with van der Waals surface area (Å²) >= 11 is 0. The molecule has 0 bridgehead atoms. The van der Waals surface area contributed by atoms with Crippen molar-refractivity contribution in [2.45, 2.75) is 18.9 Å². The van der Waals surface area contributed by atoms with E-state index in [4.69, 9.17) is 10.5 Å². The molecule has 5 aromatic rings. The topological polar surface area (TPSA) is 112 Å². The van der Waals surface area contributed by atoms with Gasteiger partial charge in [-0.2, -0.15) is 0 Å². The van der Waals surface area contributed by atoms with Crippen molar-refractivity contribution in [3.05, 3.63) is 108 Å². The molecule has 1 aliphatic rings. The van der Waals surface area contributed by atoms with Crippen LogP contribution in [0.1, 0.15) is 12.8 Å². The zero-order chi connectivity index (χ0) is 29.2. The molecule has 0 atom stereocenters. The highest BCUT2D eigenvalue weighted by atomic mass is 16.5. The number of amides is 1. The molecule has 1 amide bonds. The summed E-state index contributed by atoms with van der Waals surface area (Å²) in [6, 6.07) is 24.4. The van der Waals surface area contributed by atoms with Crippen molar-refractivity contribution >= 4 is 28.6 Å². The van der Waals surface area contributed by atoms with Crippen LogP contribution in [0.25, 0.3) is 22.5 Å². The zero-order valence-corrected chi connectivity index (χ0v) is 23.4. The van der Waals surface area contributed by atoms with E-state index < -0.39 is 0 Å². The monoisotopic (exact) mass is 561 g/mol. The van der Waals surface area contributed by atoms with E-state index in [2.05, 4.69) is 21.9 Å². The summed E-state index contributed by atoms with van der Waals surface area (Å²) in [6.07, 6.45) is 7.23. The van der Waals surface area contributed by atoms with E-state index in [-0.39, 0.29) is 17.4 Å². The first kappa shape index (κ1) is 27.0. The van der Waals surface area contributed by atoms with Gasteiger partial charge in [0.15, 0.2) is 11.5 Å². The number of benzene rings is 3. The average molecular weight is 562 g/mol. The molecule has 10 nitrogen and oxygen atoms in total. The maximum atomic E-state index is 14.0. The van der Waals surface area contributed by atoms with E-state index in [0.717, 1.165) is 6.54 Å². The number of aromatic nitrogens is 4. The van der Waals surface area contributed by atoms with Crippen LogP contribution in [-0.4, -0.2) is 56.6 Å². The van der Waals surface area contributed by atoms with Gasteiger partial charge in [-0.1, -0.05) is 30.3 Å². The van der Waals surface area contributed by atoms with Crippen LogP contribution in [0, 0.1) is 0 Å². The SMILES string of the molecule is CN(C(=O)C=CCN(C)C1CC1)c1cccc(-n2c(=O)n(-c3ccc(Oc4ccccc4)cc3)c3c(N)ncnc32)c1. The number of rotatable bonds is 9. The van der Waals surface area contributed by atoms with Crippen molar-refractivity contribution in [2.24, 2.45) is 0 Å². The minimum Gasteiger partial charge on any atom is -0.457 e. The van der Waals surface area contributed by atoms with Crippen molar-refractivity contribution in [2.75, 3.05) is 31.3 Å². The lowest BCUT2D eigenvalue weighted by molar-refractivity contribution is -0.113. The van der Waals surface area contributed by atoms with Gasteiger partial charge < -0.3 is 15.4 Å². The highest BCUT2D eigenvalue weighted by Crippen LogP contribution is 2.27. The van der Waals surface area contributed by atoms with Gasteiger partial charge >= 0.3 is 5.69 Å². The number of hydrogen-bond acceptors (Lipinski definition) is 7. The number of ether oxygens (including phenoxy) is 1. The Morgan fingerprint density at radius 2 is 1.69 bits per heavy atom. The number of nitrogens with two attached hydrogens (primary N) is 1. The van der Waals surface area contributed by atoms with E-state index in [1.165, 1.54) is 28.3 Å². The Kier molecular flexibility index (Phi) is 7.28. The number of nitrogen functional groups attached to an aromatic ring is 1. The highest BCUT2D eigenvalue weighted by Gasteiger charge is 2.25. The molecule has 10 heteroatoms. The maximum Gasteiger partial charge on any atom is 0.339 e. The predicted octanol–water partition coefficient (Wildman–Crippen LogP) is 4.56. The molecule has 0 saturated heterocycles. The number of hydrogen-bond donors (Lipinski definition) is 1. The van der Waals surface area contributed by atoms with Gasteiger partial charge in [-0.25, -0.2) is 19.3 Å². The number of imidazole rings is 1. The Labute approximate surface area is 242 Å². The van der Waals surface area contributed by atoms with Gasteiger partial charge in [0.25, 0.3) is 0 Å². The van der Waals surface area contributed by atoms with Gasteiger partial charge in [-0.15, -0.1) is 0 Å². The van der Waals surface area contributed by atoms with Crippen LogP contribution in [0.2, 0.25) is 0 Å². The normalized spacial score (nSPS) is 13.2. The molecular weight excluding hydrogens is 530 g/mol. The molecule has 0 spiro atoms. The van der Waals surface area contributed by atoms with Crippen LogP contribution < -0.4 is 21.1 Å². The summed E-state index contributed by atoms with van der Waals surface area (Å²) in [6.45, 7) is 0.722. The lowest BCUT2D eigenvalue weighted by Gasteiger charge is -2.17. The molecule has 1 saturated carbocycles. The first-order chi connectivity index (χ1) is 20.4. The molecule has 2 N–H and O–H groups in total. The average Bonchev–Trinajstić information content (AvgIpc) is 3.81. The molecule has 6 rings (SSSR count). The van der Waals surface area contributed by atoms with Gasteiger partial charge in [-0.3, -0.25) is 14.3 Å². The molecule has 1 aliphatic carbocycles. The van der Waals surface area contributed by atoms with Crippen LogP contribution in [0.15, 0.2) is 102 Å². The number of nitrogens with zero attached hydrogens (tertiary/aromatic N) is 6. The molecule has 0 aliphatic heterocycles. The van der Waals surface area contributed by atoms with E-state index in [9.17, 15) is 9.59 Å². The Morgan fingerprint density at radius 3 is 2.43 bits per heavy atom. The van der Waals surface area contributed by atoms with Gasteiger partial charge in [0.1, 0.15) is 23.3 Å². The van der Waals surface area contributed by atoms with Crippen LogP contribution in [-0.2, 0) is 4.79 Å². The predicted molar refractivity (Wildman–Crippen MR) is 164 cm³/mol. The summed E-state index contributed by atoms with van der Waals surface area (Å²) in [5.41, 5.74) is 8.40. The Hall–Kier alpha value is -5.22. The Morgan fingerprint density at radius 1 is 0.952 bits per heavy atom. The summed E-state index contributed by atoms with van der Waals surface area (Å²) in [5, 5.41) is 0. The molecule has 42 heavy (non-hydrogen) atoms. The first-order valence-corrected chi connectivity index (χ1v) is 13.7. The number of likely N-dealkylation sites (N-methyl/N-ethyl adjacent to an activating group) is 2. The third-order valence-corrected chi connectivity index (χ3v) is 7.35. The smallest absolute Gasteiger partial charge is 0.339 e. The van der Waals surface area contributed by atoms with Gasteiger partial charge in [0, 0.05) is 31.4 Å². The minimum atomic E-state index is -0.372. The summed E-state index contributed by atoms with van der Waals surface area (Å²) in [5.74, 6) is 1.35. The van der Waals surface area contributed by atoms with Crippen LogP contribution in [0.4, 0.5) is 11.5 Å². The lowest BCUT2D eigenvalue weighted by atomic mass is 10.2. The van der Waals surface area contributed by atoms with Crippen LogP contribution >= 0.6 is 0 Å². The van der Waals surface area contributed by atoms with E-state index in [0.29, 0.717) is 45.8 Å². The number of para-hydroxylation sites is 1. The molecular formula is C32H31N7O3. The van der Waals surface area contributed by atoms with Crippen molar-refractivity contribution in [3.63, 3.8) is 0 Å². The van der Waals surface area contributed by atoms with Gasteiger partial charge in [0.05, 0.1) is 11.4 Å². The highest BCUT2D eigenvalue weighted by molar-refractivity contribution is 6.01. The largest absolute Gasteiger partial charge is 0.457 e. The first-order valence-electron chi connectivity index (χ1n) is 13.7. The van der Waals surface area contributed by atoms with Crippen LogP contribution in [0.5, 0.6) is 11.5 Å². The van der Waals surface area contributed by atoms with Crippen molar-refractivity contribution < 1.29 is 9.53 Å². The fraction of sp³-hybridized carbons (Fsp3) is 0.188. The molecule has 2 aromatic heterocycles. The molecule has 3 aromatic carbocycles. The molecule has 212 valence electrons. The van der Waals surface area contributed by atoms with Crippen molar-refractivity contribution in [1.29, 1.82) is 0 Å². The second-order valence-electron chi connectivity index (χ2n) is 10.3. The second-order valence-corrected chi connectivity index (χ2v) is 10.3. The van der Waals surface area contributed by atoms with Gasteiger partial charge in [0.2, 0.25) is 5.91 Å². The Bertz CT molecular complexity index is 1820. The zero-order valence-electron chi connectivity index (χ0n) is 23.4. The number of carbonyl (C=O) groups excluding carboxylic acids is 1. The number of anilines is 2. The van der Waals surface area contributed by atoms with Crippen molar-refractivity contribution in [3.8, 4) is 22.9 Å². The molecule has 1 fully saturated rings. The maximum absolute atomic E-state index is 14.0. The standard InChI is InChI=1S/C32H31N7O3/c1-36(22-13-14-22)19-7-12-28(40)37(2)24-8-6-9-25(20-24)39-31-29(30(33)34-21-35-31)38(32(39)41)23-15-17-27(18-16-23)42-26-10-4-3-5-11-26/h3-12,15-18,20-22H,13-14,19H2,1-2H3,(H2,33,34,35). The van der Waals surface area contributed by atoms with Crippen LogP contribution in [0.3, 0.4) is 0 Å². The summed E-state index contributed by atoms with van der Waals surface area (Å²) < 4.78 is 8.87. The lowest BCUT2D eigenvalue weighted by Crippen LogP contribution is -2.26. The summed E-state index contributed by atoms with van der Waals surface area (Å²) in [4.78, 5) is 39.2. The molecule has 0 radical (unpaired) electrons. The number of fused-ring (bicyclic) bond motifs is 1. The second kappa shape index (κ2) is 11.3. The van der Waals surface area contributed by atoms with E-state index in [1.54, 1.807) is 60.5 Å². The third kappa shape index (κ3) is 5.39. The van der Waals surface area contributed by atoms with Crippen molar-refractivity contribution in [1.82, 2.24) is 24.0 Å². The van der Waals surface area contributed by atoms with E-state index >= 15 is 0 Å². The Balaban J connectivity index is 1.33.